The lowest BCUT2D eigenvalue weighted by Crippen LogP contribution is -2.54. The van der Waals surface area contributed by atoms with Gasteiger partial charge in [-0.1, -0.05) is 18.2 Å². The maximum atomic E-state index is 13.1. The van der Waals surface area contributed by atoms with Gasteiger partial charge in [0.15, 0.2) is 6.61 Å². The SMILES string of the molecule is CCOc1ccc(N2C(=O)NC(=O)/C(=C\c3ccc(OCC(=O)Nc4cc(C)ccc4C)c(Br)c3)C2=O)cc1. The maximum absolute atomic E-state index is 13.1. The molecule has 0 unspecified atom stereocenters. The van der Waals surface area contributed by atoms with E-state index in [4.69, 9.17) is 9.47 Å². The van der Waals surface area contributed by atoms with Crippen LogP contribution in [0.2, 0.25) is 0 Å². The zero-order chi connectivity index (χ0) is 28.1. The van der Waals surface area contributed by atoms with Gasteiger partial charge in [0.25, 0.3) is 17.7 Å². The molecule has 10 heteroatoms. The highest BCUT2D eigenvalue weighted by atomic mass is 79.9. The number of carbonyl (C=O) groups excluding carboxylic acids is 4. The molecule has 9 nitrogen and oxygen atoms in total. The molecule has 1 aliphatic heterocycles. The van der Waals surface area contributed by atoms with Crippen molar-refractivity contribution in [1.82, 2.24) is 5.32 Å². The Morgan fingerprint density at radius 2 is 1.74 bits per heavy atom. The number of barbiturate groups is 1. The van der Waals surface area contributed by atoms with Crippen LogP contribution in [0.15, 0.2) is 70.7 Å². The van der Waals surface area contributed by atoms with Crippen LogP contribution in [0, 0.1) is 13.8 Å². The Labute approximate surface area is 233 Å². The molecular formula is C29H26BrN3O6. The molecule has 0 aliphatic carbocycles. The number of ether oxygens (including phenoxy) is 2. The van der Waals surface area contributed by atoms with Gasteiger partial charge in [0, 0.05) is 5.69 Å². The van der Waals surface area contributed by atoms with E-state index in [9.17, 15) is 19.2 Å². The van der Waals surface area contributed by atoms with Crippen LogP contribution in [0.3, 0.4) is 0 Å². The van der Waals surface area contributed by atoms with Crippen molar-refractivity contribution in [2.45, 2.75) is 20.8 Å². The van der Waals surface area contributed by atoms with E-state index in [1.807, 2.05) is 39.0 Å². The Kier molecular flexibility index (Phi) is 8.46. The first-order valence-corrected chi connectivity index (χ1v) is 12.9. The minimum absolute atomic E-state index is 0.211. The predicted octanol–water partition coefficient (Wildman–Crippen LogP) is 5.15. The molecule has 0 radical (unpaired) electrons. The zero-order valence-corrected chi connectivity index (χ0v) is 23.1. The van der Waals surface area contributed by atoms with Crippen LogP contribution >= 0.6 is 15.9 Å². The van der Waals surface area contributed by atoms with E-state index in [1.54, 1.807) is 42.5 Å². The van der Waals surface area contributed by atoms with Crippen molar-refractivity contribution in [3.8, 4) is 11.5 Å². The number of anilines is 2. The van der Waals surface area contributed by atoms with Crippen molar-refractivity contribution >= 4 is 57.1 Å². The molecule has 0 saturated carbocycles. The number of urea groups is 1. The molecule has 1 fully saturated rings. The number of nitrogens with one attached hydrogen (secondary N) is 2. The Morgan fingerprint density at radius 3 is 2.44 bits per heavy atom. The smallest absolute Gasteiger partial charge is 0.335 e. The van der Waals surface area contributed by atoms with Gasteiger partial charge in [-0.05, 0) is 102 Å². The molecule has 39 heavy (non-hydrogen) atoms. The summed E-state index contributed by atoms with van der Waals surface area (Å²) in [5.74, 6) is -0.878. The van der Waals surface area contributed by atoms with E-state index in [-0.39, 0.29) is 18.1 Å². The first-order valence-electron chi connectivity index (χ1n) is 12.1. The average Bonchev–Trinajstić information content (AvgIpc) is 2.89. The fourth-order valence-corrected chi connectivity index (χ4v) is 4.35. The summed E-state index contributed by atoms with van der Waals surface area (Å²) in [6.07, 6.45) is 1.38. The quantitative estimate of drug-likeness (QED) is 0.277. The third-order valence-electron chi connectivity index (χ3n) is 5.80. The molecule has 3 aromatic carbocycles. The molecule has 200 valence electrons. The van der Waals surface area contributed by atoms with Gasteiger partial charge in [-0.3, -0.25) is 19.7 Å². The molecule has 3 aromatic rings. The van der Waals surface area contributed by atoms with E-state index >= 15 is 0 Å². The minimum atomic E-state index is -0.838. The lowest BCUT2D eigenvalue weighted by Gasteiger charge is -2.26. The van der Waals surface area contributed by atoms with Crippen LogP contribution in [-0.4, -0.2) is 37.0 Å². The summed E-state index contributed by atoms with van der Waals surface area (Å²) in [5.41, 5.74) is 3.28. The molecule has 0 atom stereocenters. The van der Waals surface area contributed by atoms with E-state index in [1.165, 1.54) is 6.08 Å². The van der Waals surface area contributed by atoms with E-state index in [2.05, 4.69) is 26.6 Å². The number of aryl methyl sites for hydroxylation is 2. The summed E-state index contributed by atoms with van der Waals surface area (Å²) in [4.78, 5) is 51.4. The summed E-state index contributed by atoms with van der Waals surface area (Å²) in [7, 11) is 0. The predicted molar refractivity (Wildman–Crippen MR) is 151 cm³/mol. The fourth-order valence-electron chi connectivity index (χ4n) is 3.84. The summed E-state index contributed by atoms with van der Waals surface area (Å²) < 4.78 is 11.6. The second-order valence-electron chi connectivity index (χ2n) is 8.73. The van der Waals surface area contributed by atoms with Crippen LogP contribution in [0.25, 0.3) is 6.08 Å². The summed E-state index contributed by atoms with van der Waals surface area (Å²) in [6.45, 7) is 5.96. The first kappa shape index (κ1) is 27.6. The van der Waals surface area contributed by atoms with Gasteiger partial charge in [-0.2, -0.15) is 0 Å². The molecular weight excluding hydrogens is 566 g/mol. The number of nitrogens with zero attached hydrogens (tertiary/aromatic N) is 1. The normalized spacial score (nSPS) is 14.3. The van der Waals surface area contributed by atoms with Gasteiger partial charge in [0.05, 0.1) is 16.8 Å². The van der Waals surface area contributed by atoms with Gasteiger partial charge >= 0.3 is 6.03 Å². The van der Waals surface area contributed by atoms with Gasteiger partial charge in [0.2, 0.25) is 0 Å². The van der Waals surface area contributed by atoms with E-state index < -0.39 is 17.8 Å². The van der Waals surface area contributed by atoms with Crippen LogP contribution in [0.1, 0.15) is 23.6 Å². The van der Waals surface area contributed by atoms with E-state index in [0.29, 0.717) is 33.8 Å². The molecule has 0 aromatic heterocycles. The molecule has 4 rings (SSSR count). The number of rotatable bonds is 8. The number of amides is 5. The van der Waals surface area contributed by atoms with Crippen molar-refractivity contribution in [1.29, 1.82) is 0 Å². The minimum Gasteiger partial charge on any atom is -0.494 e. The van der Waals surface area contributed by atoms with Crippen molar-refractivity contribution in [3.63, 3.8) is 0 Å². The monoisotopic (exact) mass is 591 g/mol. The number of carbonyl (C=O) groups is 4. The van der Waals surface area contributed by atoms with Gasteiger partial charge in [-0.15, -0.1) is 0 Å². The summed E-state index contributed by atoms with van der Waals surface area (Å²) in [5, 5.41) is 5.04. The largest absolute Gasteiger partial charge is 0.494 e. The Morgan fingerprint density at radius 1 is 1.00 bits per heavy atom. The third kappa shape index (κ3) is 6.53. The van der Waals surface area contributed by atoms with Crippen LogP contribution < -0.4 is 25.0 Å². The van der Waals surface area contributed by atoms with Crippen molar-refractivity contribution in [3.05, 3.63) is 87.4 Å². The molecule has 0 spiro atoms. The highest BCUT2D eigenvalue weighted by Crippen LogP contribution is 2.29. The number of imide groups is 2. The van der Waals surface area contributed by atoms with Crippen molar-refractivity contribution in [2.75, 3.05) is 23.4 Å². The highest BCUT2D eigenvalue weighted by Gasteiger charge is 2.36. The number of benzene rings is 3. The highest BCUT2D eigenvalue weighted by molar-refractivity contribution is 9.10. The second kappa shape index (κ2) is 12.0. The van der Waals surface area contributed by atoms with Gasteiger partial charge in [-0.25, -0.2) is 9.69 Å². The van der Waals surface area contributed by atoms with Gasteiger partial charge < -0.3 is 14.8 Å². The maximum Gasteiger partial charge on any atom is 0.335 e. The number of hydrogen-bond acceptors (Lipinski definition) is 6. The van der Waals surface area contributed by atoms with Crippen molar-refractivity contribution in [2.24, 2.45) is 0 Å². The topological polar surface area (TPSA) is 114 Å². The standard InChI is InChI=1S/C29H26BrN3O6/c1-4-38-21-10-8-20(9-11-21)33-28(36)22(27(35)32-29(33)37)14-19-7-12-25(23(30)15-19)39-16-26(34)31-24-13-17(2)5-6-18(24)3/h5-15H,4,16H2,1-3H3,(H,31,34)(H,32,35,37)/b22-14+. The summed E-state index contributed by atoms with van der Waals surface area (Å²) >= 11 is 3.41. The molecule has 0 bridgehead atoms. The molecule has 5 amide bonds. The fraction of sp³-hybridized carbons (Fsp3) is 0.172. The van der Waals surface area contributed by atoms with Crippen LogP contribution in [0.5, 0.6) is 11.5 Å². The number of hydrogen-bond donors (Lipinski definition) is 2. The Bertz CT molecular complexity index is 1480. The Hall–Kier alpha value is -4.44. The Balaban J connectivity index is 1.47. The van der Waals surface area contributed by atoms with E-state index in [0.717, 1.165) is 21.7 Å². The lowest BCUT2D eigenvalue weighted by molar-refractivity contribution is -0.122. The molecule has 1 heterocycles. The molecule has 2 N–H and O–H groups in total. The average molecular weight is 592 g/mol. The van der Waals surface area contributed by atoms with Crippen LogP contribution in [-0.2, 0) is 14.4 Å². The second-order valence-corrected chi connectivity index (χ2v) is 9.58. The number of halogens is 1. The zero-order valence-electron chi connectivity index (χ0n) is 21.5. The molecule has 1 saturated heterocycles. The lowest BCUT2D eigenvalue weighted by atomic mass is 10.1. The molecule has 1 aliphatic rings. The van der Waals surface area contributed by atoms with Crippen LogP contribution in [0.4, 0.5) is 16.2 Å². The summed E-state index contributed by atoms with van der Waals surface area (Å²) in [6, 6.07) is 16.2. The first-order chi connectivity index (χ1) is 18.7. The third-order valence-corrected chi connectivity index (χ3v) is 6.42. The van der Waals surface area contributed by atoms with Gasteiger partial charge in [0.1, 0.15) is 17.1 Å². The van der Waals surface area contributed by atoms with Crippen molar-refractivity contribution < 1.29 is 28.7 Å².